The topological polar surface area (TPSA) is 78.5 Å². The number of urea groups is 1. The fraction of sp³-hybridized carbons (Fsp3) is 0.409. The van der Waals surface area contributed by atoms with Gasteiger partial charge in [0.25, 0.3) is 5.91 Å². The molecule has 1 aromatic heterocycles. The Morgan fingerprint density at radius 1 is 1.17 bits per heavy atom. The quantitative estimate of drug-likeness (QED) is 0.687. The summed E-state index contributed by atoms with van der Waals surface area (Å²) < 4.78 is 13.3. The molecular formula is C22H24FN3O3S. The third-order valence-corrected chi connectivity index (χ3v) is 6.79. The van der Waals surface area contributed by atoms with Crippen molar-refractivity contribution in [2.45, 2.75) is 50.1 Å². The van der Waals surface area contributed by atoms with Crippen molar-refractivity contribution in [3.63, 3.8) is 0 Å². The molecule has 2 aliphatic rings. The summed E-state index contributed by atoms with van der Waals surface area (Å²) in [5.41, 5.74) is -0.0114. The van der Waals surface area contributed by atoms with Crippen molar-refractivity contribution < 1.29 is 18.8 Å². The van der Waals surface area contributed by atoms with E-state index in [1.165, 1.54) is 28.4 Å². The number of imide groups is 1. The van der Waals surface area contributed by atoms with Crippen LogP contribution in [0.25, 0.3) is 0 Å². The van der Waals surface area contributed by atoms with Gasteiger partial charge in [0.1, 0.15) is 11.4 Å². The maximum atomic E-state index is 13.3. The second-order valence-electron chi connectivity index (χ2n) is 7.85. The molecule has 1 aliphatic heterocycles. The summed E-state index contributed by atoms with van der Waals surface area (Å²) in [6, 6.07) is 8.98. The predicted octanol–water partition coefficient (Wildman–Crippen LogP) is 3.74. The highest BCUT2D eigenvalue weighted by molar-refractivity contribution is 7.10. The van der Waals surface area contributed by atoms with Crippen molar-refractivity contribution in [2.24, 2.45) is 0 Å². The number of rotatable bonds is 6. The minimum absolute atomic E-state index is 0.0122. The standard InChI is InChI=1S/C22H24FN3O3S/c23-16-8-6-15(7-9-16)19(17-5-4-14-30-17)24-18(27)10-13-26-20(28)22(25-21(26)29)11-2-1-3-12-22/h4-9,14,19H,1-3,10-13H2,(H,24,27)(H,25,29). The lowest BCUT2D eigenvalue weighted by molar-refractivity contribution is -0.132. The van der Waals surface area contributed by atoms with Gasteiger partial charge in [-0.3, -0.25) is 14.5 Å². The van der Waals surface area contributed by atoms with Crippen LogP contribution in [0.3, 0.4) is 0 Å². The molecule has 1 unspecified atom stereocenters. The first-order chi connectivity index (χ1) is 14.5. The zero-order valence-corrected chi connectivity index (χ0v) is 17.3. The van der Waals surface area contributed by atoms with Crippen LogP contribution in [0.4, 0.5) is 9.18 Å². The summed E-state index contributed by atoms with van der Waals surface area (Å²) in [4.78, 5) is 40.0. The SMILES string of the molecule is O=C(CCN1C(=O)NC2(CCCCC2)C1=O)NC(c1ccc(F)cc1)c1cccs1. The van der Waals surface area contributed by atoms with Crippen LogP contribution in [0.1, 0.15) is 55.0 Å². The Bertz CT molecular complexity index is 924. The number of thiophene rings is 1. The first-order valence-electron chi connectivity index (χ1n) is 10.2. The molecule has 1 aliphatic carbocycles. The minimum atomic E-state index is -0.778. The van der Waals surface area contributed by atoms with E-state index in [4.69, 9.17) is 0 Å². The third-order valence-electron chi connectivity index (χ3n) is 5.85. The van der Waals surface area contributed by atoms with E-state index < -0.39 is 17.6 Å². The van der Waals surface area contributed by atoms with Gasteiger partial charge in [0.2, 0.25) is 5.91 Å². The van der Waals surface area contributed by atoms with Crippen LogP contribution < -0.4 is 10.6 Å². The number of halogens is 1. The van der Waals surface area contributed by atoms with Gasteiger partial charge in [0.05, 0.1) is 6.04 Å². The van der Waals surface area contributed by atoms with Gasteiger partial charge in [-0.1, -0.05) is 37.5 Å². The van der Waals surface area contributed by atoms with Crippen LogP contribution in [-0.2, 0) is 9.59 Å². The predicted molar refractivity (Wildman–Crippen MR) is 111 cm³/mol. The van der Waals surface area contributed by atoms with E-state index in [1.54, 1.807) is 12.1 Å². The average molecular weight is 430 g/mol. The molecule has 1 aromatic carbocycles. The molecular weight excluding hydrogens is 405 g/mol. The Morgan fingerprint density at radius 3 is 2.57 bits per heavy atom. The molecule has 2 fully saturated rings. The second-order valence-corrected chi connectivity index (χ2v) is 8.83. The lowest BCUT2D eigenvalue weighted by atomic mass is 9.82. The van der Waals surface area contributed by atoms with Crippen molar-refractivity contribution >= 4 is 29.2 Å². The van der Waals surface area contributed by atoms with E-state index in [-0.39, 0.29) is 30.6 Å². The van der Waals surface area contributed by atoms with Crippen LogP contribution >= 0.6 is 11.3 Å². The summed E-state index contributed by atoms with van der Waals surface area (Å²) in [5.74, 6) is -0.832. The van der Waals surface area contributed by atoms with Crippen LogP contribution in [0.2, 0.25) is 0 Å². The number of nitrogens with zero attached hydrogens (tertiary/aromatic N) is 1. The monoisotopic (exact) mass is 429 g/mol. The van der Waals surface area contributed by atoms with Gasteiger partial charge < -0.3 is 10.6 Å². The molecule has 6 nitrogen and oxygen atoms in total. The molecule has 158 valence electrons. The summed E-state index contributed by atoms with van der Waals surface area (Å²) in [5, 5.41) is 7.73. The van der Waals surface area contributed by atoms with Gasteiger partial charge in [-0.05, 0) is 42.0 Å². The number of nitrogens with one attached hydrogen (secondary N) is 2. The van der Waals surface area contributed by atoms with Crippen molar-refractivity contribution in [3.8, 4) is 0 Å². The molecule has 2 heterocycles. The molecule has 0 radical (unpaired) electrons. The Balaban J connectivity index is 1.41. The normalized spacial score (nSPS) is 19.0. The maximum absolute atomic E-state index is 13.3. The van der Waals surface area contributed by atoms with Crippen molar-refractivity contribution in [3.05, 3.63) is 58.0 Å². The maximum Gasteiger partial charge on any atom is 0.325 e. The molecule has 4 rings (SSSR count). The van der Waals surface area contributed by atoms with E-state index >= 15 is 0 Å². The van der Waals surface area contributed by atoms with Gasteiger partial charge in [-0.2, -0.15) is 0 Å². The molecule has 1 spiro atoms. The van der Waals surface area contributed by atoms with Crippen LogP contribution in [-0.4, -0.2) is 34.8 Å². The second kappa shape index (κ2) is 8.55. The van der Waals surface area contributed by atoms with E-state index in [0.717, 1.165) is 29.7 Å². The highest BCUT2D eigenvalue weighted by Gasteiger charge is 2.51. The number of hydrogen-bond donors (Lipinski definition) is 2. The van der Waals surface area contributed by atoms with Gasteiger partial charge in [0, 0.05) is 17.8 Å². The highest BCUT2D eigenvalue weighted by atomic mass is 32.1. The first kappa shape index (κ1) is 20.5. The molecule has 1 saturated heterocycles. The number of hydrogen-bond acceptors (Lipinski definition) is 4. The van der Waals surface area contributed by atoms with E-state index in [2.05, 4.69) is 10.6 Å². The van der Waals surface area contributed by atoms with Crippen molar-refractivity contribution in [2.75, 3.05) is 6.54 Å². The highest BCUT2D eigenvalue weighted by Crippen LogP contribution is 2.33. The van der Waals surface area contributed by atoms with Crippen LogP contribution in [0.5, 0.6) is 0 Å². The summed E-state index contributed by atoms with van der Waals surface area (Å²) >= 11 is 1.49. The Hall–Kier alpha value is -2.74. The van der Waals surface area contributed by atoms with Crippen LogP contribution in [0, 0.1) is 5.82 Å². The summed E-state index contributed by atoms with van der Waals surface area (Å²) in [6.07, 6.45) is 4.23. The van der Waals surface area contributed by atoms with E-state index in [9.17, 15) is 18.8 Å². The zero-order chi connectivity index (χ0) is 21.1. The fourth-order valence-electron chi connectivity index (χ4n) is 4.25. The first-order valence-corrected chi connectivity index (χ1v) is 11.1. The molecule has 30 heavy (non-hydrogen) atoms. The van der Waals surface area contributed by atoms with Crippen molar-refractivity contribution in [1.29, 1.82) is 0 Å². The van der Waals surface area contributed by atoms with Gasteiger partial charge >= 0.3 is 6.03 Å². The molecule has 2 aromatic rings. The molecule has 2 N–H and O–H groups in total. The lowest BCUT2D eigenvalue weighted by Gasteiger charge is -2.30. The molecule has 1 saturated carbocycles. The number of carbonyl (C=O) groups is 3. The van der Waals surface area contributed by atoms with Gasteiger partial charge in [-0.25, -0.2) is 9.18 Å². The Kier molecular flexibility index (Phi) is 5.85. The zero-order valence-electron chi connectivity index (χ0n) is 16.5. The summed E-state index contributed by atoms with van der Waals surface area (Å²) in [6.45, 7) is 0.0405. The van der Waals surface area contributed by atoms with Gasteiger partial charge in [-0.15, -0.1) is 11.3 Å². The lowest BCUT2D eigenvalue weighted by Crippen LogP contribution is -2.48. The van der Waals surface area contributed by atoms with Gasteiger partial charge in [0.15, 0.2) is 0 Å². The van der Waals surface area contributed by atoms with E-state index in [1.807, 2.05) is 17.5 Å². The summed E-state index contributed by atoms with van der Waals surface area (Å²) in [7, 11) is 0. The molecule has 4 amide bonds. The fourth-order valence-corrected chi connectivity index (χ4v) is 5.05. The Morgan fingerprint density at radius 2 is 1.90 bits per heavy atom. The minimum Gasteiger partial charge on any atom is -0.344 e. The van der Waals surface area contributed by atoms with E-state index in [0.29, 0.717) is 12.8 Å². The molecule has 0 bridgehead atoms. The largest absolute Gasteiger partial charge is 0.344 e. The number of benzene rings is 1. The van der Waals surface area contributed by atoms with Crippen molar-refractivity contribution in [1.82, 2.24) is 15.5 Å². The molecule has 8 heteroatoms. The Labute approximate surface area is 178 Å². The smallest absolute Gasteiger partial charge is 0.325 e. The molecule has 1 atom stereocenters. The average Bonchev–Trinajstić information content (AvgIpc) is 3.34. The van der Waals surface area contributed by atoms with Crippen LogP contribution in [0.15, 0.2) is 41.8 Å². The third kappa shape index (κ3) is 4.09. The number of carbonyl (C=O) groups excluding carboxylic acids is 3. The number of amides is 4.